The van der Waals surface area contributed by atoms with Crippen LogP contribution in [0.1, 0.15) is 22.3 Å². The summed E-state index contributed by atoms with van der Waals surface area (Å²) < 4.78 is 5.86. The number of rotatable bonds is 3. The van der Waals surface area contributed by atoms with Gasteiger partial charge in [0.1, 0.15) is 12.4 Å². The minimum Gasteiger partial charge on any atom is -0.489 e. The summed E-state index contributed by atoms with van der Waals surface area (Å²) in [4.78, 5) is 0. The number of nitrogens with two attached hydrogens (primary N) is 1. The van der Waals surface area contributed by atoms with E-state index in [-0.39, 0.29) is 0 Å². The van der Waals surface area contributed by atoms with Crippen LogP contribution >= 0.6 is 0 Å². The average molecular weight is 241 g/mol. The van der Waals surface area contributed by atoms with Gasteiger partial charge in [-0.1, -0.05) is 29.8 Å². The molecule has 0 saturated carbocycles. The minimum absolute atomic E-state index is 0.516. The van der Waals surface area contributed by atoms with Gasteiger partial charge in [0.2, 0.25) is 0 Å². The third-order valence-corrected chi connectivity index (χ3v) is 3.15. The summed E-state index contributed by atoms with van der Waals surface area (Å²) >= 11 is 0. The third-order valence-electron chi connectivity index (χ3n) is 3.15. The molecule has 0 heterocycles. The van der Waals surface area contributed by atoms with Gasteiger partial charge >= 0.3 is 0 Å². The molecular formula is C16H19NO. The highest BCUT2D eigenvalue weighted by molar-refractivity contribution is 5.50. The molecule has 0 atom stereocenters. The fourth-order valence-corrected chi connectivity index (χ4v) is 2.03. The van der Waals surface area contributed by atoms with Crippen molar-refractivity contribution in [1.29, 1.82) is 0 Å². The van der Waals surface area contributed by atoms with E-state index >= 15 is 0 Å². The highest BCUT2D eigenvalue weighted by Crippen LogP contribution is 2.23. The van der Waals surface area contributed by atoms with Crippen LogP contribution in [0.2, 0.25) is 0 Å². The summed E-state index contributed by atoms with van der Waals surface area (Å²) in [5, 5.41) is 0. The number of nitrogen functional groups attached to an aromatic ring is 1. The average Bonchev–Trinajstić information content (AvgIpc) is 2.31. The molecule has 0 unspecified atom stereocenters. The second-order valence-corrected chi connectivity index (χ2v) is 4.70. The Morgan fingerprint density at radius 2 is 1.78 bits per heavy atom. The largest absolute Gasteiger partial charge is 0.489 e. The first-order valence-electron chi connectivity index (χ1n) is 6.12. The maximum Gasteiger partial charge on any atom is 0.122 e. The molecule has 2 aromatic rings. The molecule has 2 aromatic carbocycles. The Hall–Kier alpha value is -1.96. The van der Waals surface area contributed by atoms with E-state index < -0.39 is 0 Å². The first kappa shape index (κ1) is 12.5. The summed E-state index contributed by atoms with van der Waals surface area (Å²) in [6, 6.07) is 12.1. The Kier molecular flexibility index (Phi) is 3.56. The summed E-state index contributed by atoms with van der Waals surface area (Å²) in [6.45, 7) is 6.71. The first-order valence-corrected chi connectivity index (χ1v) is 6.12. The van der Waals surface area contributed by atoms with Crippen LogP contribution in [-0.2, 0) is 6.61 Å². The molecule has 0 aliphatic carbocycles. The molecule has 2 N–H and O–H groups in total. The Labute approximate surface area is 108 Å². The molecule has 0 bridgehead atoms. The van der Waals surface area contributed by atoms with E-state index in [2.05, 4.69) is 39.0 Å². The lowest BCUT2D eigenvalue weighted by Crippen LogP contribution is -2.03. The van der Waals surface area contributed by atoms with Crippen LogP contribution in [-0.4, -0.2) is 0 Å². The van der Waals surface area contributed by atoms with Crippen molar-refractivity contribution in [3.05, 3.63) is 58.7 Å². The number of anilines is 1. The maximum atomic E-state index is 5.97. The molecule has 18 heavy (non-hydrogen) atoms. The summed E-state index contributed by atoms with van der Waals surface area (Å²) in [5.41, 5.74) is 11.4. The predicted molar refractivity (Wildman–Crippen MR) is 75.8 cm³/mol. The van der Waals surface area contributed by atoms with Gasteiger partial charge in [-0.15, -0.1) is 0 Å². The van der Waals surface area contributed by atoms with Crippen LogP contribution < -0.4 is 10.5 Å². The van der Waals surface area contributed by atoms with Gasteiger partial charge in [-0.25, -0.2) is 0 Å². The molecule has 0 amide bonds. The molecule has 94 valence electrons. The van der Waals surface area contributed by atoms with Crippen LogP contribution in [0.25, 0.3) is 0 Å². The van der Waals surface area contributed by atoms with E-state index in [1.807, 2.05) is 18.2 Å². The molecule has 0 radical (unpaired) electrons. The van der Waals surface area contributed by atoms with Crippen molar-refractivity contribution in [3.63, 3.8) is 0 Å². The van der Waals surface area contributed by atoms with Gasteiger partial charge in [-0.2, -0.15) is 0 Å². The molecule has 0 spiro atoms. The van der Waals surface area contributed by atoms with Crippen LogP contribution in [0.3, 0.4) is 0 Å². The van der Waals surface area contributed by atoms with Crippen molar-refractivity contribution in [2.75, 3.05) is 5.73 Å². The number of hydrogen-bond donors (Lipinski definition) is 1. The summed E-state index contributed by atoms with van der Waals surface area (Å²) in [6.07, 6.45) is 0. The van der Waals surface area contributed by atoms with Crippen molar-refractivity contribution in [1.82, 2.24) is 0 Å². The number of aryl methyl sites for hydroxylation is 3. The molecule has 0 saturated heterocycles. The van der Waals surface area contributed by atoms with Gasteiger partial charge in [0, 0.05) is 11.3 Å². The Morgan fingerprint density at radius 1 is 1.00 bits per heavy atom. The van der Waals surface area contributed by atoms with E-state index in [1.165, 1.54) is 11.1 Å². The highest BCUT2D eigenvalue weighted by atomic mass is 16.5. The monoisotopic (exact) mass is 241 g/mol. The Morgan fingerprint density at radius 3 is 2.44 bits per heavy atom. The molecule has 0 aliphatic rings. The lowest BCUT2D eigenvalue weighted by molar-refractivity contribution is 0.304. The SMILES string of the molecule is Cc1ccc(OCc2c(C)cccc2N)c(C)c1. The number of ether oxygens (including phenoxy) is 1. The fourth-order valence-electron chi connectivity index (χ4n) is 2.03. The van der Waals surface area contributed by atoms with E-state index in [0.29, 0.717) is 6.61 Å². The van der Waals surface area contributed by atoms with Crippen LogP contribution in [0.15, 0.2) is 36.4 Å². The van der Waals surface area contributed by atoms with Gasteiger partial charge in [-0.05, 0) is 44.0 Å². The van der Waals surface area contributed by atoms with Crippen LogP contribution in [0, 0.1) is 20.8 Å². The third kappa shape index (κ3) is 2.65. The van der Waals surface area contributed by atoms with Crippen molar-refractivity contribution < 1.29 is 4.74 Å². The van der Waals surface area contributed by atoms with Crippen molar-refractivity contribution in [2.24, 2.45) is 0 Å². The van der Waals surface area contributed by atoms with E-state index in [1.54, 1.807) is 0 Å². The zero-order valence-electron chi connectivity index (χ0n) is 11.2. The number of hydrogen-bond acceptors (Lipinski definition) is 2. The maximum absolute atomic E-state index is 5.97. The molecular weight excluding hydrogens is 222 g/mol. The quantitative estimate of drug-likeness (QED) is 0.830. The first-order chi connectivity index (χ1) is 8.58. The summed E-state index contributed by atoms with van der Waals surface area (Å²) in [7, 11) is 0. The summed E-state index contributed by atoms with van der Waals surface area (Å²) in [5.74, 6) is 0.920. The van der Waals surface area contributed by atoms with Crippen molar-refractivity contribution >= 4 is 5.69 Å². The van der Waals surface area contributed by atoms with Crippen LogP contribution in [0.5, 0.6) is 5.75 Å². The minimum atomic E-state index is 0.516. The lowest BCUT2D eigenvalue weighted by Gasteiger charge is -2.13. The topological polar surface area (TPSA) is 35.2 Å². The predicted octanol–water partition coefficient (Wildman–Crippen LogP) is 3.77. The van der Waals surface area contributed by atoms with Crippen molar-refractivity contribution in [2.45, 2.75) is 27.4 Å². The molecule has 0 aliphatic heterocycles. The van der Waals surface area contributed by atoms with Gasteiger partial charge in [0.25, 0.3) is 0 Å². The highest BCUT2D eigenvalue weighted by Gasteiger charge is 2.05. The van der Waals surface area contributed by atoms with Crippen molar-refractivity contribution in [3.8, 4) is 5.75 Å². The molecule has 0 aromatic heterocycles. The van der Waals surface area contributed by atoms with E-state index in [9.17, 15) is 0 Å². The second-order valence-electron chi connectivity index (χ2n) is 4.70. The van der Waals surface area contributed by atoms with Gasteiger partial charge in [-0.3, -0.25) is 0 Å². The van der Waals surface area contributed by atoms with E-state index in [0.717, 1.165) is 22.6 Å². The standard InChI is InChI=1S/C16H19NO/c1-11-7-8-16(13(3)9-11)18-10-14-12(2)5-4-6-15(14)17/h4-9H,10,17H2,1-3H3. The lowest BCUT2D eigenvalue weighted by atomic mass is 10.1. The molecule has 0 fully saturated rings. The normalized spacial score (nSPS) is 10.4. The zero-order valence-corrected chi connectivity index (χ0v) is 11.2. The van der Waals surface area contributed by atoms with Gasteiger partial charge in [0.05, 0.1) is 0 Å². The van der Waals surface area contributed by atoms with Crippen LogP contribution in [0.4, 0.5) is 5.69 Å². The van der Waals surface area contributed by atoms with E-state index in [4.69, 9.17) is 10.5 Å². The van der Waals surface area contributed by atoms with Gasteiger partial charge < -0.3 is 10.5 Å². The second kappa shape index (κ2) is 5.13. The number of benzene rings is 2. The molecule has 2 nitrogen and oxygen atoms in total. The molecule has 2 rings (SSSR count). The fraction of sp³-hybridized carbons (Fsp3) is 0.250. The Bertz CT molecular complexity index is 541. The molecule has 2 heteroatoms. The zero-order chi connectivity index (χ0) is 13.1. The Balaban J connectivity index is 2.16. The smallest absolute Gasteiger partial charge is 0.122 e. The van der Waals surface area contributed by atoms with Gasteiger partial charge in [0.15, 0.2) is 0 Å².